The van der Waals surface area contributed by atoms with Gasteiger partial charge in [-0.05, 0) is 18.6 Å². The molecule has 2 heteroatoms. The molecule has 0 unspecified atom stereocenters. The van der Waals surface area contributed by atoms with Crippen molar-refractivity contribution in [1.82, 2.24) is 0 Å². The van der Waals surface area contributed by atoms with E-state index in [9.17, 15) is 0 Å². The average molecular weight is 290 g/mol. The molecule has 0 radical (unpaired) electrons. The van der Waals surface area contributed by atoms with Gasteiger partial charge in [-0.1, -0.05) is 76.8 Å². The van der Waals surface area contributed by atoms with Gasteiger partial charge in [0.15, 0.2) is 0 Å². The second-order valence-electron chi connectivity index (χ2n) is 6.16. The molecule has 2 nitrogen and oxygen atoms in total. The number of anilines is 2. The fraction of sp³-hybridized carbons (Fsp3) is 0.684. The molecule has 0 saturated heterocycles. The molecule has 21 heavy (non-hydrogen) atoms. The number of nitrogens with zero attached hydrogens (tertiary/aromatic N) is 1. The quantitative estimate of drug-likeness (QED) is 0.399. The maximum absolute atomic E-state index is 6.00. The van der Waals surface area contributed by atoms with Crippen molar-refractivity contribution in [3.8, 4) is 0 Å². The number of para-hydroxylation sites is 2. The minimum atomic E-state index is 0.882. The lowest BCUT2D eigenvalue weighted by Crippen LogP contribution is -2.19. The number of nitrogens with two attached hydrogens (primary N) is 1. The third-order valence-electron chi connectivity index (χ3n) is 4.20. The molecule has 0 aliphatic rings. The molecule has 1 aromatic carbocycles. The normalized spacial score (nSPS) is 10.8. The zero-order valence-electron chi connectivity index (χ0n) is 14.1. The Hall–Kier alpha value is -1.18. The smallest absolute Gasteiger partial charge is 0.0597 e. The van der Waals surface area contributed by atoms with E-state index in [1.54, 1.807) is 0 Å². The lowest BCUT2D eigenvalue weighted by Gasteiger charge is -2.20. The molecule has 0 amide bonds. The Kier molecular flexibility index (Phi) is 9.77. The third-order valence-corrected chi connectivity index (χ3v) is 4.20. The van der Waals surface area contributed by atoms with Gasteiger partial charge in [-0.25, -0.2) is 0 Å². The Morgan fingerprint density at radius 1 is 0.810 bits per heavy atom. The van der Waals surface area contributed by atoms with Crippen LogP contribution in [0.25, 0.3) is 0 Å². The SMILES string of the molecule is CCCCCCCCCCCCN(C)c1ccccc1N. The summed E-state index contributed by atoms with van der Waals surface area (Å²) in [6.45, 7) is 3.38. The van der Waals surface area contributed by atoms with Crippen molar-refractivity contribution >= 4 is 11.4 Å². The molecule has 120 valence electrons. The van der Waals surface area contributed by atoms with Gasteiger partial charge in [0.05, 0.1) is 11.4 Å². The van der Waals surface area contributed by atoms with E-state index in [0.717, 1.165) is 17.9 Å². The van der Waals surface area contributed by atoms with Gasteiger partial charge in [-0.2, -0.15) is 0 Å². The molecule has 0 aromatic heterocycles. The molecule has 1 aromatic rings. The summed E-state index contributed by atoms with van der Waals surface area (Å²) in [5.74, 6) is 0. The van der Waals surface area contributed by atoms with Crippen LogP contribution in [0, 0.1) is 0 Å². The predicted molar refractivity (Wildman–Crippen MR) is 96.0 cm³/mol. The van der Waals surface area contributed by atoms with Crippen LogP contribution in [0.3, 0.4) is 0 Å². The maximum atomic E-state index is 6.00. The number of unbranched alkanes of at least 4 members (excludes halogenated alkanes) is 9. The molecule has 1 rings (SSSR count). The first-order valence-electron chi connectivity index (χ1n) is 8.81. The van der Waals surface area contributed by atoms with Crippen LogP contribution >= 0.6 is 0 Å². The summed E-state index contributed by atoms with van der Waals surface area (Å²) in [6, 6.07) is 8.13. The fourth-order valence-electron chi connectivity index (χ4n) is 2.79. The highest BCUT2D eigenvalue weighted by Crippen LogP contribution is 2.21. The van der Waals surface area contributed by atoms with Crippen LogP contribution in [0.2, 0.25) is 0 Å². The van der Waals surface area contributed by atoms with Crippen molar-refractivity contribution < 1.29 is 0 Å². The molecule has 0 aliphatic heterocycles. The van der Waals surface area contributed by atoms with Crippen LogP contribution < -0.4 is 10.6 Å². The van der Waals surface area contributed by atoms with E-state index in [2.05, 4.69) is 31.0 Å². The lowest BCUT2D eigenvalue weighted by molar-refractivity contribution is 0.556. The van der Waals surface area contributed by atoms with Gasteiger partial charge in [-0.3, -0.25) is 0 Å². The van der Waals surface area contributed by atoms with E-state index in [4.69, 9.17) is 5.73 Å². The predicted octanol–water partition coefficient (Wildman–Crippen LogP) is 5.63. The van der Waals surface area contributed by atoms with Gasteiger partial charge in [0.2, 0.25) is 0 Å². The van der Waals surface area contributed by atoms with Crippen molar-refractivity contribution in [2.75, 3.05) is 24.2 Å². The summed E-state index contributed by atoms with van der Waals surface area (Å²) >= 11 is 0. The Balaban J connectivity index is 1.98. The molecule has 0 aliphatic carbocycles. The van der Waals surface area contributed by atoms with E-state index >= 15 is 0 Å². The Morgan fingerprint density at radius 2 is 1.33 bits per heavy atom. The summed E-state index contributed by atoms with van der Waals surface area (Å²) in [5.41, 5.74) is 8.04. The molecule has 0 bridgehead atoms. The van der Waals surface area contributed by atoms with E-state index in [-0.39, 0.29) is 0 Å². The Bertz CT molecular complexity index is 362. The largest absolute Gasteiger partial charge is 0.397 e. The molecule has 0 saturated carbocycles. The molecule has 0 atom stereocenters. The van der Waals surface area contributed by atoms with Gasteiger partial charge >= 0.3 is 0 Å². The highest BCUT2D eigenvalue weighted by Gasteiger charge is 2.03. The average Bonchev–Trinajstić information content (AvgIpc) is 2.49. The number of benzene rings is 1. The summed E-state index contributed by atoms with van der Waals surface area (Å²) in [4.78, 5) is 2.28. The van der Waals surface area contributed by atoms with Crippen molar-refractivity contribution in [2.45, 2.75) is 71.1 Å². The van der Waals surface area contributed by atoms with Crippen molar-refractivity contribution in [1.29, 1.82) is 0 Å². The highest BCUT2D eigenvalue weighted by atomic mass is 15.1. The summed E-state index contributed by atoms with van der Waals surface area (Å²) < 4.78 is 0. The number of hydrogen-bond donors (Lipinski definition) is 1. The van der Waals surface area contributed by atoms with Crippen molar-refractivity contribution in [3.05, 3.63) is 24.3 Å². The van der Waals surface area contributed by atoms with Crippen molar-refractivity contribution in [2.24, 2.45) is 0 Å². The number of nitrogen functional groups attached to an aromatic ring is 1. The van der Waals surface area contributed by atoms with Gasteiger partial charge in [-0.15, -0.1) is 0 Å². The van der Waals surface area contributed by atoms with Crippen LogP contribution in [0.5, 0.6) is 0 Å². The van der Waals surface area contributed by atoms with E-state index in [1.165, 1.54) is 64.2 Å². The van der Waals surface area contributed by atoms with Gasteiger partial charge in [0.25, 0.3) is 0 Å². The van der Waals surface area contributed by atoms with Crippen LogP contribution in [-0.2, 0) is 0 Å². The molecule has 2 N–H and O–H groups in total. The number of rotatable bonds is 12. The minimum Gasteiger partial charge on any atom is -0.397 e. The molecular formula is C19H34N2. The van der Waals surface area contributed by atoms with Gasteiger partial charge in [0, 0.05) is 13.6 Å². The third kappa shape index (κ3) is 7.99. The summed E-state index contributed by atoms with van der Waals surface area (Å²) in [6.07, 6.45) is 13.9. The highest BCUT2D eigenvalue weighted by molar-refractivity contribution is 5.66. The van der Waals surface area contributed by atoms with Crippen LogP contribution in [0.4, 0.5) is 11.4 Å². The number of hydrogen-bond acceptors (Lipinski definition) is 2. The first-order valence-corrected chi connectivity index (χ1v) is 8.81. The first-order chi connectivity index (χ1) is 10.3. The summed E-state index contributed by atoms with van der Waals surface area (Å²) in [5, 5.41) is 0. The molecule has 0 spiro atoms. The first kappa shape index (κ1) is 17.9. The van der Waals surface area contributed by atoms with E-state index < -0.39 is 0 Å². The molecule has 0 fully saturated rings. The second kappa shape index (κ2) is 11.5. The van der Waals surface area contributed by atoms with Crippen molar-refractivity contribution in [3.63, 3.8) is 0 Å². The van der Waals surface area contributed by atoms with Gasteiger partial charge < -0.3 is 10.6 Å². The minimum absolute atomic E-state index is 0.882. The lowest BCUT2D eigenvalue weighted by atomic mass is 10.1. The Labute approximate surface area is 131 Å². The molecule has 0 heterocycles. The van der Waals surface area contributed by atoms with Crippen LogP contribution in [-0.4, -0.2) is 13.6 Å². The van der Waals surface area contributed by atoms with Crippen LogP contribution in [0.1, 0.15) is 71.1 Å². The zero-order valence-corrected chi connectivity index (χ0v) is 14.1. The second-order valence-corrected chi connectivity index (χ2v) is 6.16. The molecular weight excluding hydrogens is 256 g/mol. The van der Waals surface area contributed by atoms with Gasteiger partial charge in [0.1, 0.15) is 0 Å². The maximum Gasteiger partial charge on any atom is 0.0597 e. The van der Waals surface area contributed by atoms with E-state index in [0.29, 0.717) is 0 Å². The monoisotopic (exact) mass is 290 g/mol. The Morgan fingerprint density at radius 3 is 1.90 bits per heavy atom. The summed E-state index contributed by atoms with van der Waals surface area (Å²) in [7, 11) is 2.14. The van der Waals surface area contributed by atoms with Crippen LogP contribution in [0.15, 0.2) is 24.3 Å². The van der Waals surface area contributed by atoms with E-state index in [1.807, 2.05) is 12.1 Å². The fourth-order valence-corrected chi connectivity index (χ4v) is 2.79. The topological polar surface area (TPSA) is 29.3 Å². The zero-order chi connectivity index (χ0) is 15.3. The standard InChI is InChI=1S/C19H34N2/c1-3-4-5-6-7-8-9-10-11-14-17-21(2)19-16-13-12-15-18(19)20/h12-13,15-16H,3-11,14,17,20H2,1-2H3.